The van der Waals surface area contributed by atoms with Crippen LogP contribution < -0.4 is 15.2 Å². The lowest BCUT2D eigenvalue weighted by Gasteiger charge is -2.26. The first-order valence-corrected chi connectivity index (χ1v) is 9.52. The van der Waals surface area contributed by atoms with Gasteiger partial charge in [0.25, 0.3) is 0 Å². The highest BCUT2D eigenvalue weighted by atomic mass is 16.5. The number of hydrogen-bond donors (Lipinski definition) is 1. The third kappa shape index (κ3) is 7.12. The Morgan fingerprint density at radius 1 is 1.19 bits per heavy atom. The van der Waals surface area contributed by atoms with E-state index in [1.165, 1.54) is 39.5 Å². The maximum Gasteiger partial charge on any atom is 0.305 e. The summed E-state index contributed by atoms with van der Waals surface area (Å²) < 4.78 is 16.5. The molecule has 146 valence electrons. The van der Waals surface area contributed by atoms with Crippen molar-refractivity contribution in [3.63, 3.8) is 0 Å². The zero-order valence-electron chi connectivity index (χ0n) is 16.0. The van der Waals surface area contributed by atoms with Crippen LogP contribution in [0.25, 0.3) is 0 Å². The molecule has 2 rings (SSSR count). The molecule has 2 N–H and O–H groups in total. The van der Waals surface area contributed by atoms with E-state index in [2.05, 4.69) is 9.64 Å². The van der Waals surface area contributed by atoms with E-state index in [-0.39, 0.29) is 11.9 Å². The highest BCUT2D eigenvalue weighted by molar-refractivity contribution is 5.69. The average molecular weight is 364 g/mol. The molecule has 1 aliphatic heterocycles. The SMILES string of the molecule is COC(=O)CC(C)COc1cc(N)ccc1OCCCN1CCCCC1. The molecular weight excluding hydrogens is 332 g/mol. The van der Waals surface area contributed by atoms with Crippen LogP contribution >= 0.6 is 0 Å². The minimum atomic E-state index is -0.233. The number of esters is 1. The third-order valence-corrected chi connectivity index (χ3v) is 4.56. The minimum Gasteiger partial charge on any atom is -0.490 e. The van der Waals surface area contributed by atoms with Crippen molar-refractivity contribution < 1.29 is 19.0 Å². The Morgan fingerprint density at radius 3 is 2.69 bits per heavy atom. The summed E-state index contributed by atoms with van der Waals surface area (Å²) in [6, 6.07) is 5.42. The fraction of sp³-hybridized carbons (Fsp3) is 0.650. The van der Waals surface area contributed by atoms with E-state index in [9.17, 15) is 4.79 Å². The predicted octanol–water partition coefficient (Wildman–Crippen LogP) is 3.10. The highest BCUT2D eigenvalue weighted by Gasteiger charge is 2.13. The van der Waals surface area contributed by atoms with Gasteiger partial charge in [0.2, 0.25) is 0 Å². The largest absolute Gasteiger partial charge is 0.490 e. The second kappa shape index (κ2) is 10.9. The van der Waals surface area contributed by atoms with E-state index in [1.54, 1.807) is 6.07 Å². The molecule has 0 amide bonds. The molecule has 0 saturated carbocycles. The molecule has 6 nitrogen and oxygen atoms in total. The van der Waals surface area contributed by atoms with E-state index in [0.29, 0.717) is 36.8 Å². The minimum absolute atomic E-state index is 0.0517. The van der Waals surface area contributed by atoms with Gasteiger partial charge in [-0.2, -0.15) is 0 Å². The Labute approximate surface area is 156 Å². The van der Waals surface area contributed by atoms with Crippen molar-refractivity contribution in [3.05, 3.63) is 18.2 Å². The van der Waals surface area contributed by atoms with Gasteiger partial charge in [-0.15, -0.1) is 0 Å². The van der Waals surface area contributed by atoms with Gasteiger partial charge in [-0.1, -0.05) is 13.3 Å². The number of nitrogens with zero attached hydrogens (tertiary/aromatic N) is 1. The highest BCUT2D eigenvalue weighted by Crippen LogP contribution is 2.30. The van der Waals surface area contributed by atoms with Gasteiger partial charge in [-0.3, -0.25) is 4.79 Å². The molecule has 1 aromatic carbocycles. The van der Waals surface area contributed by atoms with Gasteiger partial charge in [-0.25, -0.2) is 0 Å². The number of carbonyl (C=O) groups is 1. The molecule has 1 atom stereocenters. The molecule has 26 heavy (non-hydrogen) atoms. The molecule has 1 unspecified atom stereocenters. The lowest BCUT2D eigenvalue weighted by atomic mass is 10.1. The average Bonchev–Trinajstić information content (AvgIpc) is 2.65. The van der Waals surface area contributed by atoms with Crippen LogP contribution in [-0.4, -0.2) is 50.8 Å². The fourth-order valence-corrected chi connectivity index (χ4v) is 3.07. The van der Waals surface area contributed by atoms with Crippen LogP contribution in [0.4, 0.5) is 5.69 Å². The molecule has 0 radical (unpaired) electrons. The monoisotopic (exact) mass is 364 g/mol. The van der Waals surface area contributed by atoms with Crippen LogP contribution in [0.1, 0.15) is 39.0 Å². The molecule has 0 spiro atoms. The van der Waals surface area contributed by atoms with Crippen LogP contribution in [0.3, 0.4) is 0 Å². The van der Waals surface area contributed by atoms with Gasteiger partial charge in [0.15, 0.2) is 11.5 Å². The van der Waals surface area contributed by atoms with Crippen molar-refractivity contribution in [1.82, 2.24) is 4.90 Å². The molecule has 1 fully saturated rings. The number of nitrogens with two attached hydrogens (primary N) is 1. The number of hydrogen-bond acceptors (Lipinski definition) is 6. The topological polar surface area (TPSA) is 74.0 Å². The first-order valence-electron chi connectivity index (χ1n) is 9.52. The smallest absolute Gasteiger partial charge is 0.305 e. The second-order valence-corrected chi connectivity index (χ2v) is 7.01. The summed E-state index contributed by atoms with van der Waals surface area (Å²) in [6.45, 7) is 6.48. The number of carbonyl (C=O) groups excluding carboxylic acids is 1. The Bertz CT molecular complexity index is 559. The number of anilines is 1. The summed E-state index contributed by atoms with van der Waals surface area (Å²) in [5.41, 5.74) is 6.50. The molecule has 6 heteroatoms. The van der Waals surface area contributed by atoms with Crippen LogP contribution in [0, 0.1) is 5.92 Å². The van der Waals surface area contributed by atoms with Crippen molar-refractivity contribution >= 4 is 11.7 Å². The molecule has 0 bridgehead atoms. The molecule has 0 aromatic heterocycles. The van der Waals surface area contributed by atoms with Gasteiger partial charge in [0.05, 0.1) is 26.7 Å². The molecule has 0 aliphatic carbocycles. The Balaban J connectivity index is 1.79. The van der Waals surface area contributed by atoms with Crippen LogP contribution in [0.15, 0.2) is 18.2 Å². The number of methoxy groups -OCH3 is 1. The van der Waals surface area contributed by atoms with Crippen LogP contribution in [-0.2, 0) is 9.53 Å². The predicted molar refractivity (Wildman–Crippen MR) is 103 cm³/mol. The van der Waals surface area contributed by atoms with Gasteiger partial charge in [0.1, 0.15) is 0 Å². The van der Waals surface area contributed by atoms with Crippen LogP contribution in [0.5, 0.6) is 11.5 Å². The maximum absolute atomic E-state index is 11.3. The summed E-state index contributed by atoms with van der Waals surface area (Å²) in [4.78, 5) is 13.8. The summed E-state index contributed by atoms with van der Waals surface area (Å²) in [5.74, 6) is 1.14. The first kappa shape index (κ1) is 20.4. The third-order valence-electron chi connectivity index (χ3n) is 4.56. The molecule has 1 aliphatic rings. The number of likely N-dealkylation sites (tertiary alicyclic amines) is 1. The van der Waals surface area contributed by atoms with E-state index in [4.69, 9.17) is 15.2 Å². The van der Waals surface area contributed by atoms with E-state index in [0.717, 1.165) is 13.0 Å². The molecule has 1 aromatic rings. The van der Waals surface area contributed by atoms with Gasteiger partial charge in [-0.05, 0) is 44.5 Å². The van der Waals surface area contributed by atoms with Crippen LogP contribution in [0.2, 0.25) is 0 Å². The number of piperidine rings is 1. The molecule has 1 heterocycles. The lowest BCUT2D eigenvalue weighted by Crippen LogP contribution is -2.31. The first-order chi connectivity index (χ1) is 12.6. The number of ether oxygens (including phenoxy) is 3. The Hall–Kier alpha value is -1.95. The van der Waals surface area contributed by atoms with Crippen molar-refractivity contribution in [1.29, 1.82) is 0 Å². The summed E-state index contributed by atoms with van der Waals surface area (Å²) >= 11 is 0. The second-order valence-electron chi connectivity index (χ2n) is 7.01. The summed E-state index contributed by atoms with van der Waals surface area (Å²) in [5, 5.41) is 0. The quantitative estimate of drug-likeness (QED) is 0.391. The van der Waals surface area contributed by atoms with E-state index < -0.39 is 0 Å². The summed E-state index contributed by atoms with van der Waals surface area (Å²) in [7, 11) is 1.39. The zero-order valence-corrected chi connectivity index (χ0v) is 16.0. The fourth-order valence-electron chi connectivity index (χ4n) is 3.07. The van der Waals surface area contributed by atoms with Crippen molar-refractivity contribution in [2.45, 2.75) is 39.0 Å². The molecule has 1 saturated heterocycles. The summed E-state index contributed by atoms with van der Waals surface area (Å²) in [6.07, 6.45) is 5.28. The van der Waals surface area contributed by atoms with Gasteiger partial charge >= 0.3 is 5.97 Å². The maximum atomic E-state index is 11.3. The number of rotatable bonds is 10. The number of benzene rings is 1. The zero-order chi connectivity index (χ0) is 18.8. The Kier molecular flexibility index (Phi) is 8.54. The lowest BCUT2D eigenvalue weighted by molar-refractivity contribution is -0.141. The van der Waals surface area contributed by atoms with E-state index in [1.807, 2.05) is 19.1 Å². The van der Waals surface area contributed by atoms with Crippen molar-refractivity contribution in [3.8, 4) is 11.5 Å². The van der Waals surface area contributed by atoms with Gasteiger partial charge in [0, 0.05) is 24.2 Å². The Morgan fingerprint density at radius 2 is 1.96 bits per heavy atom. The van der Waals surface area contributed by atoms with Crippen molar-refractivity contribution in [2.24, 2.45) is 5.92 Å². The van der Waals surface area contributed by atoms with Gasteiger partial charge < -0.3 is 24.8 Å². The van der Waals surface area contributed by atoms with E-state index >= 15 is 0 Å². The standard InChI is InChI=1S/C20H32N2O4/c1-16(13-20(23)24-2)15-26-19-14-17(21)7-8-18(19)25-12-6-11-22-9-4-3-5-10-22/h7-8,14,16H,3-6,9-13,15,21H2,1-2H3. The van der Waals surface area contributed by atoms with Crippen molar-refractivity contribution in [2.75, 3.05) is 45.7 Å². The number of nitrogen functional groups attached to an aromatic ring is 1. The normalized spacial score (nSPS) is 16.1. The molecular formula is C20H32N2O4.